The quantitative estimate of drug-likeness (QED) is 0.367. The van der Waals surface area contributed by atoms with Gasteiger partial charge in [-0.2, -0.15) is 0 Å². The number of rotatable bonds is 1. The maximum absolute atomic E-state index is 4.51. The van der Waals surface area contributed by atoms with Crippen LogP contribution in [-0.4, -0.2) is 14.5 Å². The second-order valence-corrected chi connectivity index (χ2v) is 7.45. The van der Waals surface area contributed by atoms with Crippen LogP contribution in [0.1, 0.15) is 0 Å². The molecule has 0 spiro atoms. The van der Waals surface area contributed by atoms with Crippen LogP contribution in [0.3, 0.4) is 0 Å². The van der Waals surface area contributed by atoms with Crippen molar-refractivity contribution in [2.24, 2.45) is 0 Å². The van der Waals surface area contributed by atoms with Gasteiger partial charge in [-0.3, -0.25) is 4.57 Å². The number of fused-ring (bicyclic) bond motifs is 6. The van der Waals surface area contributed by atoms with E-state index in [-0.39, 0.29) is 0 Å². The number of benzene rings is 3. The Morgan fingerprint density at radius 3 is 2.27 bits per heavy atom. The Morgan fingerprint density at radius 1 is 0.615 bits per heavy atom. The van der Waals surface area contributed by atoms with Crippen molar-refractivity contribution in [2.45, 2.75) is 0 Å². The first-order valence-corrected chi connectivity index (χ1v) is 9.34. The lowest BCUT2D eigenvalue weighted by molar-refractivity contribution is 0.989. The summed E-state index contributed by atoms with van der Waals surface area (Å²) >= 11 is 1.85. The summed E-state index contributed by atoms with van der Waals surface area (Å²) in [4.78, 5) is 9.01. The standard InChI is InChI=1S/C22H13N3S/c1-3-8-18-14(6-1)16-13-21-17(15-7-2-4-9-20(15)26-21)12-19(16)25(18)22-23-10-5-11-24-22/h1-13H. The maximum atomic E-state index is 4.51. The average molecular weight is 351 g/mol. The maximum Gasteiger partial charge on any atom is 0.234 e. The molecule has 3 aromatic carbocycles. The summed E-state index contributed by atoms with van der Waals surface area (Å²) < 4.78 is 4.80. The molecule has 3 heterocycles. The smallest absolute Gasteiger partial charge is 0.234 e. The zero-order valence-corrected chi connectivity index (χ0v) is 14.6. The van der Waals surface area contributed by atoms with Crippen LogP contribution in [0.4, 0.5) is 0 Å². The van der Waals surface area contributed by atoms with Crippen molar-refractivity contribution >= 4 is 53.3 Å². The van der Waals surface area contributed by atoms with Crippen molar-refractivity contribution in [3.8, 4) is 5.95 Å². The number of aromatic nitrogens is 3. The molecule has 0 N–H and O–H groups in total. The minimum absolute atomic E-state index is 0.706. The van der Waals surface area contributed by atoms with Gasteiger partial charge < -0.3 is 0 Å². The Labute approximate surface area is 153 Å². The molecule has 0 aliphatic heterocycles. The predicted molar refractivity (Wildman–Crippen MR) is 109 cm³/mol. The summed E-state index contributed by atoms with van der Waals surface area (Å²) in [7, 11) is 0. The van der Waals surface area contributed by atoms with Crippen LogP contribution >= 0.6 is 11.3 Å². The number of hydrogen-bond donors (Lipinski definition) is 0. The van der Waals surface area contributed by atoms with Gasteiger partial charge >= 0.3 is 0 Å². The molecule has 6 rings (SSSR count). The van der Waals surface area contributed by atoms with E-state index in [0.29, 0.717) is 5.95 Å². The first kappa shape index (κ1) is 14.0. The molecule has 0 amide bonds. The van der Waals surface area contributed by atoms with Crippen molar-refractivity contribution < 1.29 is 0 Å². The largest absolute Gasteiger partial charge is 0.278 e. The molecule has 0 radical (unpaired) electrons. The van der Waals surface area contributed by atoms with Gasteiger partial charge in [0.15, 0.2) is 0 Å². The van der Waals surface area contributed by atoms with Gasteiger partial charge in [0.2, 0.25) is 5.95 Å². The third-order valence-corrected chi connectivity index (χ3v) is 6.06. The number of para-hydroxylation sites is 1. The van der Waals surface area contributed by atoms with E-state index in [2.05, 4.69) is 75.2 Å². The first-order chi connectivity index (χ1) is 12.9. The normalized spacial score (nSPS) is 11.8. The van der Waals surface area contributed by atoms with Gasteiger partial charge in [-0.15, -0.1) is 11.3 Å². The van der Waals surface area contributed by atoms with E-state index in [1.165, 1.54) is 30.9 Å². The Bertz CT molecular complexity index is 1430. The molecule has 0 fully saturated rings. The van der Waals surface area contributed by atoms with Crippen molar-refractivity contribution in [3.63, 3.8) is 0 Å². The average Bonchev–Trinajstić information content (AvgIpc) is 3.22. The van der Waals surface area contributed by atoms with E-state index < -0.39 is 0 Å². The third kappa shape index (κ3) is 1.82. The summed E-state index contributed by atoms with van der Waals surface area (Å²) in [6, 6.07) is 23.5. The van der Waals surface area contributed by atoms with Crippen LogP contribution in [0.15, 0.2) is 79.1 Å². The van der Waals surface area contributed by atoms with Crippen LogP contribution in [0, 0.1) is 0 Å². The van der Waals surface area contributed by atoms with Crippen LogP contribution in [0.2, 0.25) is 0 Å². The van der Waals surface area contributed by atoms with Gasteiger partial charge in [0.25, 0.3) is 0 Å². The Hall–Kier alpha value is -3.24. The summed E-state index contributed by atoms with van der Waals surface area (Å²) in [5.74, 6) is 0.706. The van der Waals surface area contributed by atoms with E-state index in [9.17, 15) is 0 Å². The molecule has 26 heavy (non-hydrogen) atoms. The van der Waals surface area contributed by atoms with Crippen LogP contribution in [0.5, 0.6) is 0 Å². The van der Waals surface area contributed by atoms with Gasteiger partial charge in [0, 0.05) is 43.3 Å². The van der Waals surface area contributed by atoms with Gasteiger partial charge in [-0.1, -0.05) is 36.4 Å². The second kappa shape index (κ2) is 5.13. The number of thiophene rings is 1. The van der Waals surface area contributed by atoms with Gasteiger partial charge in [0.05, 0.1) is 11.0 Å². The molecule has 0 aliphatic rings. The molecule has 0 bridgehead atoms. The van der Waals surface area contributed by atoms with Crippen molar-refractivity contribution in [2.75, 3.05) is 0 Å². The molecule has 0 saturated carbocycles. The Morgan fingerprint density at radius 2 is 1.38 bits per heavy atom. The molecule has 0 atom stereocenters. The van der Waals surface area contributed by atoms with Gasteiger partial charge in [-0.05, 0) is 30.3 Å². The molecule has 4 heteroatoms. The lowest BCUT2D eigenvalue weighted by atomic mass is 10.1. The molecule has 0 saturated heterocycles. The number of nitrogens with zero attached hydrogens (tertiary/aromatic N) is 3. The van der Waals surface area contributed by atoms with Crippen molar-refractivity contribution in [3.05, 3.63) is 79.1 Å². The molecule has 122 valence electrons. The van der Waals surface area contributed by atoms with Gasteiger partial charge in [0.1, 0.15) is 0 Å². The molecular formula is C22H13N3S. The predicted octanol–water partition coefficient (Wildman–Crippen LogP) is 5.94. The minimum atomic E-state index is 0.706. The number of hydrogen-bond acceptors (Lipinski definition) is 3. The van der Waals surface area contributed by atoms with Gasteiger partial charge in [-0.25, -0.2) is 9.97 Å². The Balaban J connectivity index is 1.86. The molecule has 3 nitrogen and oxygen atoms in total. The van der Waals surface area contributed by atoms with Crippen LogP contribution in [-0.2, 0) is 0 Å². The first-order valence-electron chi connectivity index (χ1n) is 8.52. The monoisotopic (exact) mass is 351 g/mol. The van der Waals surface area contributed by atoms with Crippen molar-refractivity contribution in [1.82, 2.24) is 14.5 Å². The highest BCUT2D eigenvalue weighted by molar-refractivity contribution is 7.25. The molecule has 0 unspecified atom stereocenters. The molecular weight excluding hydrogens is 338 g/mol. The fraction of sp³-hybridized carbons (Fsp3) is 0. The highest BCUT2D eigenvalue weighted by Crippen LogP contribution is 2.39. The summed E-state index contributed by atoms with van der Waals surface area (Å²) in [6.45, 7) is 0. The minimum Gasteiger partial charge on any atom is -0.278 e. The lowest BCUT2D eigenvalue weighted by Gasteiger charge is -2.04. The summed E-state index contributed by atoms with van der Waals surface area (Å²) in [5.41, 5.74) is 2.28. The molecule has 0 aliphatic carbocycles. The van der Waals surface area contributed by atoms with Crippen molar-refractivity contribution in [1.29, 1.82) is 0 Å². The summed E-state index contributed by atoms with van der Waals surface area (Å²) in [5, 5.41) is 5.07. The molecule has 3 aromatic heterocycles. The Kier molecular flexibility index (Phi) is 2.76. The van der Waals surface area contributed by atoms with E-state index >= 15 is 0 Å². The summed E-state index contributed by atoms with van der Waals surface area (Å²) in [6.07, 6.45) is 3.59. The van der Waals surface area contributed by atoms with Crippen LogP contribution < -0.4 is 0 Å². The lowest BCUT2D eigenvalue weighted by Crippen LogP contribution is -1.99. The zero-order chi connectivity index (χ0) is 17.1. The molecule has 6 aromatic rings. The topological polar surface area (TPSA) is 30.7 Å². The highest BCUT2D eigenvalue weighted by atomic mass is 32.1. The van der Waals surface area contributed by atoms with E-state index in [0.717, 1.165) is 11.0 Å². The zero-order valence-electron chi connectivity index (χ0n) is 13.8. The fourth-order valence-electron chi connectivity index (χ4n) is 3.81. The van der Waals surface area contributed by atoms with E-state index in [4.69, 9.17) is 0 Å². The fourth-order valence-corrected chi connectivity index (χ4v) is 4.94. The van der Waals surface area contributed by atoms with E-state index in [1.54, 1.807) is 12.4 Å². The third-order valence-electron chi connectivity index (χ3n) is 4.92. The SMILES string of the molecule is c1cnc(-n2c3ccccc3c3cc4sc5ccccc5c4cc32)nc1. The van der Waals surface area contributed by atoms with E-state index in [1.807, 2.05) is 17.4 Å². The van der Waals surface area contributed by atoms with Crippen LogP contribution in [0.25, 0.3) is 47.9 Å². The second-order valence-electron chi connectivity index (χ2n) is 6.37. The highest BCUT2D eigenvalue weighted by Gasteiger charge is 2.16.